The zero-order valence-electron chi connectivity index (χ0n) is 16.0. The van der Waals surface area contributed by atoms with Gasteiger partial charge in [-0.25, -0.2) is 0 Å². The lowest BCUT2D eigenvalue weighted by atomic mass is 10.1. The minimum absolute atomic E-state index is 0.378. The SMILES string of the molecule is CCCCCCC/C=C/C/C=C/CCCCCC(=O)N1CCCC1. The van der Waals surface area contributed by atoms with Crippen molar-refractivity contribution < 1.29 is 4.79 Å². The van der Waals surface area contributed by atoms with Crippen LogP contribution in [0.5, 0.6) is 0 Å². The van der Waals surface area contributed by atoms with Crippen molar-refractivity contribution in [3.05, 3.63) is 24.3 Å². The first kappa shape index (κ1) is 21.0. The van der Waals surface area contributed by atoms with Gasteiger partial charge in [0.25, 0.3) is 0 Å². The molecule has 1 fully saturated rings. The summed E-state index contributed by atoms with van der Waals surface area (Å²) < 4.78 is 0. The molecule has 0 saturated carbocycles. The molecule has 0 unspecified atom stereocenters. The molecule has 0 bridgehead atoms. The van der Waals surface area contributed by atoms with Crippen molar-refractivity contribution in [3.8, 4) is 0 Å². The Morgan fingerprint density at radius 2 is 1.38 bits per heavy atom. The molecule has 1 aliphatic rings. The fraction of sp³-hybridized carbons (Fsp3) is 0.773. The highest BCUT2D eigenvalue weighted by molar-refractivity contribution is 5.76. The van der Waals surface area contributed by atoms with Gasteiger partial charge >= 0.3 is 0 Å². The number of hydrogen-bond acceptors (Lipinski definition) is 1. The predicted octanol–water partition coefficient (Wildman–Crippen LogP) is 6.42. The average molecular weight is 334 g/mol. The number of likely N-dealkylation sites (tertiary alicyclic amines) is 1. The first-order valence-electron chi connectivity index (χ1n) is 10.4. The van der Waals surface area contributed by atoms with Crippen molar-refractivity contribution in [1.82, 2.24) is 4.90 Å². The maximum absolute atomic E-state index is 11.9. The van der Waals surface area contributed by atoms with Crippen LogP contribution in [0.1, 0.15) is 96.8 Å². The van der Waals surface area contributed by atoms with Gasteiger partial charge in [-0.1, -0.05) is 63.3 Å². The zero-order chi connectivity index (χ0) is 17.3. The van der Waals surface area contributed by atoms with E-state index in [1.807, 2.05) is 4.90 Å². The average Bonchev–Trinajstić information content (AvgIpc) is 3.13. The van der Waals surface area contributed by atoms with Gasteiger partial charge in [0.2, 0.25) is 5.91 Å². The van der Waals surface area contributed by atoms with Crippen LogP contribution in [0.25, 0.3) is 0 Å². The van der Waals surface area contributed by atoms with Gasteiger partial charge in [0.05, 0.1) is 0 Å². The van der Waals surface area contributed by atoms with Crippen molar-refractivity contribution in [2.45, 2.75) is 96.8 Å². The second kappa shape index (κ2) is 15.5. The Morgan fingerprint density at radius 3 is 2.00 bits per heavy atom. The summed E-state index contributed by atoms with van der Waals surface area (Å²) in [5, 5.41) is 0. The molecular weight excluding hydrogens is 294 g/mol. The van der Waals surface area contributed by atoms with Crippen LogP contribution in [-0.4, -0.2) is 23.9 Å². The van der Waals surface area contributed by atoms with E-state index in [2.05, 4.69) is 31.2 Å². The second-order valence-corrected chi connectivity index (χ2v) is 7.07. The molecule has 0 radical (unpaired) electrons. The topological polar surface area (TPSA) is 20.3 Å². The molecule has 0 aromatic rings. The molecular formula is C22H39NO. The lowest BCUT2D eigenvalue weighted by molar-refractivity contribution is -0.130. The van der Waals surface area contributed by atoms with Crippen LogP contribution in [0.2, 0.25) is 0 Å². The lowest BCUT2D eigenvalue weighted by Gasteiger charge is -2.14. The number of amides is 1. The van der Waals surface area contributed by atoms with E-state index in [1.165, 1.54) is 64.2 Å². The largest absolute Gasteiger partial charge is 0.343 e. The van der Waals surface area contributed by atoms with Gasteiger partial charge in [-0.15, -0.1) is 0 Å². The molecule has 1 rings (SSSR count). The Morgan fingerprint density at radius 1 is 0.792 bits per heavy atom. The van der Waals surface area contributed by atoms with E-state index in [0.717, 1.165) is 38.8 Å². The van der Waals surface area contributed by atoms with Crippen molar-refractivity contribution in [1.29, 1.82) is 0 Å². The van der Waals surface area contributed by atoms with Crippen LogP contribution >= 0.6 is 0 Å². The molecule has 1 saturated heterocycles. The van der Waals surface area contributed by atoms with Gasteiger partial charge in [0.1, 0.15) is 0 Å². The number of rotatable bonds is 14. The first-order chi connectivity index (χ1) is 11.8. The highest BCUT2D eigenvalue weighted by Gasteiger charge is 2.16. The van der Waals surface area contributed by atoms with E-state index < -0.39 is 0 Å². The van der Waals surface area contributed by atoms with Crippen molar-refractivity contribution in [2.24, 2.45) is 0 Å². The molecule has 2 heteroatoms. The summed E-state index contributed by atoms with van der Waals surface area (Å²) in [4.78, 5) is 13.9. The summed E-state index contributed by atoms with van der Waals surface area (Å²) in [5.41, 5.74) is 0. The molecule has 0 N–H and O–H groups in total. The van der Waals surface area contributed by atoms with Crippen LogP contribution in [0.3, 0.4) is 0 Å². The Balaban J connectivity index is 1.83. The van der Waals surface area contributed by atoms with Crippen LogP contribution in [0.4, 0.5) is 0 Å². The summed E-state index contributed by atoms with van der Waals surface area (Å²) in [5.74, 6) is 0.378. The fourth-order valence-electron chi connectivity index (χ4n) is 3.21. The van der Waals surface area contributed by atoms with Gasteiger partial charge in [0.15, 0.2) is 0 Å². The minimum Gasteiger partial charge on any atom is -0.343 e. The van der Waals surface area contributed by atoms with Crippen LogP contribution in [-0.2, 0) is 4.79 Å². The molecule has 0 aliphatic carbocycles. The van der Waals surface area contributed by atoms with Crippen molar-refractivity contribution in [2.75, 3.05) is 13.1 Å². The predicted molar refractivity (Wildman–Crippen MR) is 105 cm³/mol. The van der Waals surface area contributed by atoms with Crippen LogP contribution in [0, 0.1) is 0 Å². The van der Waals surface area contributed by atoms with E-state index in [1.54, 1.807) is 0 Å². The van der Waals surface area contributed by atoms with Gasteiger partial charge < -0.3 is 4.90 Å². The molecule has 0 aromatic heterocycles. The lowest BCUT2D eigenvalue weighted by Crippen LogP contribution is -2.27. The quantitative estimate of drug-likeness (QED) is 0.265. The number of allylic oxidation sites excluding steroid dienone is 4. The molecule has 1 aliphatic heterocycles. The van der Waals surface area contributed by atoms with E-state index in [9.17, 15) is 4.79 Å². The monoisotopic (exact) mass is 333 g/mol. The standard InChI is InChI=1S/C22H39NO/c1-2-3-4-5-6-7-8-9-10-11-12-13-14-15-16-19-22(24)23-20-17-18-21-23/h8-9,11-12H,2-7,10,13-21H2,1H3/b9-8+,12-11+. The van der Waals surface area contributed by atoms with Crippen molar-refractivity contribution in [3.63, 3.8) is 0 Å². The first-order valence-corrected chi connectivity index (χ1v) is 10.4. The number of unbranched alkanes of at least 4 members (excludes halogenated alkanes) is 8. The Labute approximate surface area is 150 Å². The smallest absolute Gasteiger partial charge is 0.222 e. The van der Waals surface area contributed by atoms with Crippen LogP contribution in [0.15, 0.2) is 24.3 Å². The molecule has 1 amide bonds. The molecule has 2 nitrogen and oxygen atoms in total. The molecule has 1 heterocycles. The second-order valence-electron chi connectivity index (χ2n) is 7.07. The zero-order valence-corrected chi connectivity index (χ0v) is 16.0. The maximum Gasteiger partial charge on any atom is 0.222 e. The maximum atomic E-state index is 11.9. The number of hydrogen-bond donors (Lipinski definition) is 0. The number of carbonyl (C=O) groups is 1. The van der Waals surface area contributed by atoms with Crippen molar-refractivity contribution >= 4 is 5.91 Å². The Hall–Kier alpha value is -1.05. The normalized spacial score (nSPS) is 15.1. The van der Waals surface area contributed by atoms with Gasteiger partial charge in [-0.05, 0) is 51.4 Å². The summed E-state index contributed by atoms with van der Waals surface area (Å²) in [7, 11) is 0. The Kier molecular flexibility index (Phi) is 13.5. The van der Waals surface area contributed by atoms with Gasteiger partial charge in [0, 0.05) is 19.5 Å². The summed E-state index contributed by atoms with van der Waals surface area (Å²) in [6.45, 7) is 4.25. The summed E-state index contributed by atoms with van der Waals surface area (Å²) >= 11 is 0. The Bertz CT molecular complexity index is 353. The number of nitrogens with zero attached hydrogens (tertiary/aromatic N) is 1. The van der Waals surface area contributed by atoms with E-state index in [0.29, 0.717) is 5.91 Å². The van der Waals surface area contributed by atoms with Gasteiger partial charge in [-0.2, -0.15) is 0 Å². The van der Waals surface area contributed by atoms with Crippen LogP contribution < -0.4 is 0 Å². The van der Waals surface area contributed by atoms with E-state index in [-0.39, 0.29) is 0 Å². The van der Waals surface area contributed by atoms with E-state index >= 15 is 0 Å². The summed E-state index contributed by atoms with van der Waals surface area (Å²) in [6.07, 6.45) is 26.1. The molecule has 24 heavy (non-hydrogen) atoms. The van der Waals surface area contributed by atoms with Gasteiger partial charge in [-0.3, -0.25) is 4.79 Å². The summed E-state index contributed by atoms with van der Waals surface area (Å²) in [6, 6.07) is 0. The van der Waals surface area contributed by atoms with E-state index in [4.69, 9.17) is 0 Å². The molecule has 0 spiro atoms. The number of carbonyl (C=O) groups excluding carboxylic acids is 1. The highest BCUT2D eigenvalue weighted by atomic mass is 16.2. The molecule has 138 valence electrons. The third kappa shape index (κ3) is 11.5. The minimum atomic E-state index is 0.378. The molecule has 0 atom stereocenters. The molecule has 0 aromatic carbocycles. The highest BCUT2D eigenvalue weighted by Crippen LogP contribution is 2.12. The third-order valence-electron chi connectivity index (χ3n) is 4.80. The third-order valence-corrected chi connectivity index (χ3v) is 4.80. The fourth-order valence-corrected chi connectivity index (χ4v) is 3.21.